The lowest BCUT2D eigenvalue weighted by atomic mass is 9.96. The van der Waals surface area contributed by atoms with Crippen LogP contribution in [0.1, 0.15) is 25.0 Å². The van der Waals surface area contributed by atoms with Crippen LogP contribution in [0.4, 0.5) is 0 Å². The number of thiazole rings is 1. The van der Waals surface area contributed by atoms with E-state index < -0.39 is 0 Å². The highest BCUT2D eigenvalue weighted by atomic mass is 32.1. The molecule has 0 saturated carbocycles. The molecule has 6 nitrogen and oxygen atoms in total. The maximum absolute atomic E-state index is 5.45. The number of hydrogen-bond acceptors (Lipinski definition) is 5. The van der Waals surface area contributed by atoms with Crippen molar-refractivity contribution in [1.29, 1.82) is 0 Å². The fourth-order valence-corrected chi connectivity index (χ4v) is 4.15. The molecule has 1 aliphatic heterocycles. The van der Waals surface area contributed by atoms with E-state index in [9.17, 15) is 0 Å². The fourth-order valence-electron chi connectivity index (χ4n) is 3.33. The number of rotatable bonds is 7. The molecule has 0 aliphatic carbocycles. The summed E-state index contributed by atoms with van der Waals surface area (Å²) in [5, 5.41) is 6.55. The quantitative estimate of drug-likeness (QED) is 0.566. The number of nitrogens with zero attached hydrogens (tertiary/aromatic N) is 3. The van der Waals surface area contributed by atoms with E-state index in [0.717, 1.165) is 53.7 Å². The molecule has 0 amide bonds. The summed E-state index contributed by atoms with van der Waals surface area (Å²) in [6.45, 7) is 3.48. The van der Waals surface area contributed by atoms with Gasteiger partial charge in [0.2, 0.25) is 0 Å². The highest BCUT2D eigenvalue weighted by Crippen LogP contribution is 2.25. The molecule has 0 unspecified atom stereocenters. The minimum atomic E-state index is 0.668. The van der Waals surface area contributed by atoms with E-state index in [2.05, 4.69) is 27.6 Å². The molecule has 2 heterocycles. The first-order valence-electron chi connectivity index (χ1n) is 9.78. The first kappa shape index (κ1) is 20.6. The molecule has 1 fully saturated rings. The number of ether oxygens (including phenoxy) is 2. The Kier molecular flexibility index (Phi) is 7.68. The predicted molar refractivity (Wildman–Crippen MR) is 115 cm³/mol. The van der Waals surface area contributed by atoms with Crippen LogP contribution in [0.5, 0.6) is 5.75 Å². The van der Waals surface area contributed by atoms with Gasteiger partial charge in [0.15, 0.2) is 5.96 Å². The minimum Gasteiger partial charge on any atom is -0.497 e. The second kappa shape index (κ2) is 10.4. The molecular formula is C21H30N4O2S. The third-order valence-electron chi connectivity index (χ3n) is 5.10. The number of benzene rings is 1. The molecule has 0 atom stereocenters. The summed E-state index contributed by atoms with van der Waals surface area (Å²) in [6, 6.07) is 8.00. The van der Waals surface area contributed by atoms with Gasteiger partial charge in [-0.05, 0) is 49.4 Å². The van der Waals surface area contributed by atoms with Gasteiger partial charge < -0.3 is 19.7 Å². The SMILES string of the molecule is CN=C(NCc1csc(-c2ccc(OC)cc2)n1)N(C)CCC1CCOCC1. The number of aromatic nitrogens is 1. The van der Waals surface area contributed by atoms with Gasteiger partial charge in [0.25, 0.3) is 0 Å². The molecule has 1 aromatic carbocycles. The Labute approximate surface area is 171 Å². The second-order valence-electron chi connectivity index (χ2n) is 7.04. The molecule has 0 bridgehead atoms. The van der Waals surface area contributed by atoms with Gasteiger partial charge in [0, 0.05) is 44.8 Å². The molecule has 1 N–H and O–H groups in total. The first-order chi connectivity index (χ1) is 13.7. The smallest absolute Gasteiger partial charge is 0.193 e. The van der Waals surface area contributed by atoms with Gasteiger partial charge in [0.1, 0.15) is 10.8 Å². The van der Waals surface area contributed by atoms with Gasteiger partial charge in [-0.3, -0.25) is 4.99 Å². The van der Waals surface area contributed by atoms with Crippen LogP contribution in [0.3, 0.4) is 0 Å². The van der Waals surface area contributed by atoms with Crippen LogP contribution in [0, 0.1) is 5.92 Å². The molecule has 28 heavy (non-hydrogen) atoms. The molecule has 152 valence electrons. The number of hydrogen-bond donors (Lipinski definition) is 1. The Bertz CT molecular complexity index is 754. The highest BCUT2D eigenvalue weighted by molar-refractivity contribution is 7.13. The summed E-state index contributed by atoms with van der Waals surface area (Å²) in [5.74, 6) is 2.53. The van der Waals surface area contributed by atoms with Crippen molar-refractivity contribution in [1.82, 2.24) is 15.2 Å². The summed E-state index contributed by atoms with van der Waals surface area (Å²) < 4.78 is 10.7. The van der Waals surface area contributed by atoms with Crippen LogP contribution < -0.4 is 10.1 Å². The van der Waals surface area contributed by atoms with Crippen molar-refractivity contribution < 1.29 is 9.47 Å². The molecule has 3 rings (SSSR count). The first-order valence-corrected chi connectivity index (χ1v) is 10.7. The monoisotopic (exact) mass is 402 g/mol. The molecule has 1 saturated heterocycles. The van der Waals surface area contributed by atoms with Crippen LogP contribution in [-0.4, -0.2) is 56.8 Å². The predicted octanol–water partition coefficient (Wildman–Crippen LogP) is 3.64. The van der Waals surface area contributed by atoms with Gasteiger partial charge in [-0.1, -0.05) is 0 Å². The van der Waals surface area contributed by atoms with Crippen molar-refractivity contribution in [2.45, 2.75) is 25.8 Å². The van der Waals surface area contributed by atoms with Gasteiger partial charge in [-0.15, -0.1) is 11.3 Å². The van der Waals surface area contributed by atoms with E-state index in [1.54, 1.807) is 18.4 Å². The minimum absolute atomic E-state index is 0.668. The third-order valence-corrected chi connectivity index (χ3v) is 6.04. The maximum Gasteiger partial charge on any atom is 0.193 e. The fraction of sp³-hybridized carbons (Fsp3) is 0.524. The Morgan fingerprint density at radius 1 is 1.32 bits per heavy atom. The summed E-state index contributed by atoms with van der Waals surface area (Å²) >= 11 is 1.66. The van der Waals surface area contributed by atoms with E-state index in [-0.39, 0.29) is 0 Å². The van der Waals surface area contributed by atoms with Crippen LogP contribution in [-0.2, 0) is 11.3 Å². The van der Waals surface area contributed by atoms with Crippen molar-refractivity contribution in [3.05, 3.63) is 35.3 Å². The Hall–Kier alpha value is -2.12. The largest absolute Gasteiger partial charge is 0.497 e. The Morgan fingerprint density at radius 2 is 2.07 bits per heavy atom. The molecule has 0 spiro atoms. The molecular weight excluding hydrogens is 372 g/mol. The summed E-state index contributed by atoms with van der Waals surface area (Å²) in [5.41, 5.74) is 2.13. The van der Waals surface area contributed by atoms with Gasteiger partial charge in [0.05, 0.1) is 19.3 Å². The zero-order valence-electron chi connectivity index (χ0n) is 17.0. The molecule has 1 aromatic heterocycles. The maximum atomic E-state index is 5.45. The van der Waals surface area contributed by atoms with E-state index in [4.69, 9.17) is 14.5 Å². The average Bonchev–Trinajstić information content (AvgIpc) is 3.22. The van der Waals surface area contributed by atoms with Crippen LogP contribution in [0.25, 0.3) is 10.6 Å². The lowest BCUT2D eigenvalue weighted by Crippen LogP contribution is -2.39. The van der Waals surface area contributed by atoms with Crippen molar-refractivity contribution in [2.75, 3.05) is 41.0 Å². The van der Waals surface area contributed by atoms with Gasteiger partial charge in [-0.25, -0.2) is 4.98 Å². The van der Waals surface area contributed by atoms with Crippen LogP contribution in [0.15, 0.2) is 34.6 Å². The standard InChI is InChI=1S/C21H30N4O2S/c1-22-21(25(2)11-8-16-9-12-27-13-10-16)23-14-18-15-28-20(24-18)17-4-6-19(26-3)7-5-17/h4-7,15-16H,8-14H2,1-3H3,(H,22,23). The highest BCUT2D eigenvalue weighted by Gasteiger charge is 2.15. The van der Waals surface area contributed by atoms with Crippen molar-refractivity contribution in [3.8, 4) is 16.3 Å². The zero-order valence-corrected chi connectivity index (χ0v) is 17.8. The molecule has 0 radical (unpaired) electrons. The van der Waals surface area contributed by atoms with Crippen LogP contribution in [0.2, 0.25) is 0 Å². The number of guanidine groups is 1. The topological polar surface area (TPSA) is 59.0 Å². The van der Waals surface area contributed by atoms with Crippen molar-refractivity contribution in [3.63, 3.8) is 0 Å². The molecule has 1 aliphatic rings. The Morgan fingerprint density at radius 3 is 2.75 bits per heavy atom. The average molecular weight is 403 g/mol. The third kappa shape index (κ3) is 5.69. The summed E-state index contributed by atoms with van der Waals surface area (Å²) in [4.78, 5) is 11.4. The van der Waals surface area contributed by atoms with Crippen LogP contribution >= 0.6 is 11.3 Å². The Balaban J connectivity index is 1.49. The number of methoxy groups -OCH3 is 1. The van der Waals surface area contributed by atoms with E-state index >= 15 is 0 Å². The lowest BCUT2D eigenvalue weighted by Gasteiger charge is -2.26. The van der Waals surface area contributed by atoms with E-state index in [1.165, 1.54) is 19.3 Å². The summed E-state index contributed by atoms with van der Waals surface area (Å²) in [6.07, 6.45) is 3.53. The zero-order chi connectivity index (χ0) is 19.8. The van der Waals surface area contributed by atoms with Crippen molar-refractivity contribution in [2.24, 2.45) is 10.9 Å². The second-order valence-corrected chi connectivity index (χ2v) is 7.90. The van der Waals surface area contributed by atoms with E-state index in [0.29, 0.717) is 6.54 Å². The number of nitrogens with one attached hydrogen (secondary N) is 1. The molecule has 7 heteroatoms. The van der Waals surface area contributed by atoms with Gasteiger partial charge >= 0.3 is 0 Å². The van der Waals surface area contributed by atoms with Crippen molar-refractivity contribution >= 4 is 17.3 Å². The normalized spacial score (nSPS) is 15.5. The van der Waals surface area contributed by atoms with E-state index in [1.807, 2.05) is 31.3 Å². The molecule has 2 aromatic rings. The number of aliphatic imine (C=N–C) groups is 1. The lowest BCUT2D eigenvalue weighted by molar-refractivity contribution is 0.0625. The van der Waals surface area contributed by atoms with Gasteiger partial charge in [-0.2, -0.15) is 0 Å². The summed E-state index contributed by atoms with van der Waals surface area (Å²) in [7, 11) is 5.60.